The smallest absolute Gasteiger partial charge is 0.0702 e. The van der Waals surface area contributed by atoms with E-state index in [0.29, 0.717) is 0 Å². The molecule has 1 aromatic rings. The summed E-state index contributed by atoms with van der Waals surface area (Å²) in [5.41, 5.74) is 3.01. The maximum absolute atomic E-state index is 10.4. The zero-order valence-corrected chi connectivity index (χ0v) is 9.08. The Morgan fingerprint density at radius 3 is 3.00 bits per heavy atom. The van der Waals surface area contributed by atoms with Crippen LogP contribution < -0.4 is 5.11 Å². The van der Waals surface area contributed by atoms with E-state index < -0.39 is 5.97 Å². The fourth-order valence-corrected chi connectivity index (χ4v) is 2.62. The van der Waals surface area contributed by atoms with Crippen LogP contribution in [-0.4, -0.2) is 17.4 Å². The number of para-hydroxylation sites is 1. The van der Waals surface area contributed by atoms with Crippen molar-refractivity contribution in [2.24, 2.45) is 4.99 Å². The third-order valence-electron chi connectivity index (χ3n) is 2.26. The van der Waals surface area contributed by atoms with E-state index in [0.717, 1.165) is 17.0 Å². The van der Waals surface area contributed by atoms with Gasteiger partial charge in [0.2, 0.25) is 0 Å². The summed E-state index contributed by atoms with van der Waals surface area (Å²) in [6, 6.07) is 7.81. The summed E-state index contributed by atoms with van der Waals surface area (Å²) in [6.45, 7) is 1.92. The van der Waals surface area contributed by atoms with Crippen molar-refractivity contribution in [3.05, 3.63) is 29.8 Å². The maximum Gasteiger partial charge on any atom is 0.0702 e. The molecule has 15 heavy (non-hydrogen) atoms. The number of rotatable bonds is 3. The molecule has 1 atom stereocenters. The standard InChI is InChI=1S/C11H11NO2S/c1-7-11(15-6-10(13)14)8-4-2-3-5-9(8)12-7/h2-5,11H,6H2,1H3,(H,13,14)/p-1. The van der Waals surface area contributed by atoms with Crippen molar-refractivity contribution in [1.82, 2.24) is 0 Å². The molecule has 0 aromatic heterocycles. The van der Waals surface area contributed by atoms with Crippen molar-refractivity contribution in [2.45, 2.75) is 12.2 Å². The SMILES string of the molecule is CC1=Nc2ccccc2C1SCC(=O)[O-]. The first-order valence-electron chi connectivity index (χ1n) is 4.64. The summed E-state index contributed by atoms with van der Waals surface area (Å²) < 4.78 is 0. The number of carboxylic acid groups (broad SMARTS) is 1. The van der Waals surface area contributed by atoms with Crippen molar-refractivity contribution in [2.75, 3.05) is 5.75 Å². The van der Waals surface area contributed by atoms with Gasteiger partial charge in [0.15, 0.2) is 0 Å². The summed E-state index contributed by atoms with van der Waals surface area (Å²) in [6.07, 6.45) is 0. The van der Waals surface area contributed by atoms with E-state index in [4.69, 9.17) is 0 Å². The molecule has 0 amide bonds. The summed E-state index contributed by atoms with van der Waals surface area (Å²) in [5, 5.41) is 10.5. The number of hydrogen-bond acceptors (Lipinski definition) is 4. The molecule has 78 valence electrons. The third-order valence-corrected chi connectivity index (χ3v) is 3.59. The molecule has 0 fully saturated rings. The van der Waals surface area contributed by atoms with Crippen molar-refractivity contribution in [1.29, 1.82) is 0 Å². The van der Waals surface area contributed by atoms with Gasteiger partial charge in [-0.2, -0.15) is 0 Å². The predicted octanol–water partition coefficient (Wildman–Crippen LogP) is 1.32. The molecule has 4 heteroatoms. The second-order valence-electron chi connectivity index (χ2n) is 3.38. The minimum Gasteiger partial charge on any atom is -0.549 e. The van der Waals surface area contributed by atoms with Crippen LogP contribution in [0.5, 0.6) is 0 Å². The summed E-state index contributed by atoms with van der Waals surface area (Å²) in [7, 11) is 0. The highest BCUT2D eigenvalue weighted by Crippen LogP contribution is 2.41. The minimum absolute atomic E-state index is 0.00581. The number of carboxylic acids is 1. The van der Waals surface area contributed by atoms with Gasteiger partial charge in [-0.15, -0.1) is 11.8 Å². The normalized spacial score (nSPS) is 18.5. The Bertz CT molecular complexity index is 428. The van der Waals surface area contributed by atoms with Gasteiger partial charge in [-0.05, 0) is 18.6 Å². The van der Waals surface area contributed by atoms with Gasteiger partial charge >= 0.3 is 0 Å². The van der Waals surface area contributed by atoms with Gasteiger partial charge in [0, 0.05) is 11.5 Å². The summed E-state index contributed by atoms with van der Waals surface area (Å²) in [4.78, 5) is 14.8. The van der Waals surface area contributed by atoms with Crippen molar-refractivity contribution in [3.8, 4) is 0 Å². The molecule has 0 bridgehead atoms. The monoisotopic (exact) mass is 220 g/mol. The van der Waals surface area contributed by atoms with Gasteiger partial charge in [0.25, 0.3) is 0 Å². The molecule has 0 N–H and O–H groups in total. The van der Waals surface area contributed by atoms with Crippen molar-refractivity contribution >= 4 is 29.1 Å². The lowest BCUT2D eigenvalue weighted by Crippen LogP contribution is -2.25. The lowest BCUT2D eigenvalue weighted by Gasteiger charge is -2.12. The first-order chi connectivity index (χ1) is 7.18. The highest BCUT2D eigenvalue weighted by Gasteiger charge is 2.23. The zero-order chi connectivity index (χ0) is 10.8. The van der Waals surface area contributed by atoms with Gasteiger partial charge in [0.05, 0.1) is 16.9 Å². The topological polar surface area (TPSA) is 52.5 Å². The number of thioether (sulfide) groups is 1. The van der Waals surface area contributed by atoms with Gasteiger partial charge in [-0.3, -0.25) is 4.99 Å². The van der Waals surface area contributed by atoms with Crippen molar-refractivity contribution < 1.29 is 9.90 Å². The lowest BCUT2D eigenvalue weighted by atomic mass is 10.1. The average molecular weight is 220 g/mol. The molecule has 1 aromatic carbocycles. The average Bonchev–Trinajstić information content (AvgIpc) is 2.50. The molecular weight excluding hydrogens is 210 g/mol. The third kappa shape index (κ3) is 2.04. The Kier molecular flexibility index (Phi) is 2.77. The Labute approximate surface area is 92.2 Å². The number of hydrogen-bond donors (Lipinski definition) is 0. The Morgan fingerprint density at radius 2 is 2.27 bits per heavy atom. The fourth-order valence-electron chi connectivity index (χ4n) is 1.65. The van der Waals surface area contributed by atoms with Crippen LogP contribution in [0.3, 0.4) is 0 Å². The quantitative estimate of drug-likeness (QED) is 0.772. The van der Waals surface area contributed by atoms with E-state index in [2.05, 4.69) is 4.99 Å². The maximum atomic E-state index is 10.4. The van der Waals surface area contributed by atoms with Crippen LogP contribution in [0.25, 0.3) is 0 Å². The van der Waals surface area contributed by atoms with Crippen LogP contribution in [0, 0.1) is 0 Å². The molecule has 0 saturated heterocycles. The molecule has 1 unspecified atom stereocenters. The van der Waals surface area contributed by atoms with Crippen LogP contribution in [-0.2, 0) is 4.79 Å². The van der Waals surface area contributed by atoms with E-state index in [-0.39, 0.29) is 11.0 Å². The summed E-state index contributed by atoms with van der Waals surface area (Å²) >= 11 is 1.35. The molecule has 1 aliphatic heterocycles. The first-order valence-corrected chi connectivity index (χ1v) is 5.69. The molecule has 1 heterocycles. The molecule has 0 aliphatic carbocycles. The lowest BCUT2D eigenvalue weighted by molar-refractivity contribution is -0.301. The van der Waals surface area contributed by atoms with Gasteiger partial charge in [-0.1, -0.05) is 18.2 Å². The second kappa shape index (κ2) is 4.06. The minimum atomic E-state index is -1.03. The molecule has 2 rings (SSSR count). The molecule has 1 aliphatic rings. The van der Waals surface area contributed by atoms with E-state index in [1.807, 2.05) is 31.2 Å². The van der Waals surface area contributed by atoms with Gasteiger partial charge < -0.3 is 9.90 Å². The number of benzene rings is 1. The van der Waals surface area contributed by atoms with Crippen molar-refractivity contribution in [3.63, 3.8) is 0 Å². The number of aliphatic carboxylic acids is 1. The number of carbonyl (C=O) groups is 1. The highest BCUT2D eigenvalue weighted by atomic mass is 32.2. The fraction of sp³-hybridized carbons (Fsp3) is 0.273. The van der Waals surface area contributed by atoms with Gasteiger partial charge in [0.1, 0.15) is 0 Å². The number of nitrogens with zero attached hydrogens (tertiary/aromatic N) is 1. The number of aliphatic imine (C=N–C) groups is 1. The largest absolute Gasteiger partial charge is 0.549 e. The Hall–Kier alpha value is -1.29. The van der Waals surface area contributed by atoms with Crippen LogP contribution >= 0.6 is 11.8 Å². The van der Waals surface area contributed by atoms with Crippen LogP contribution in [0.2, 0.25) is 0 Å². The van der Waals surface area contributed by atoms with E-state index >= 15 is 0 Å². The molecule has 0 radical (unpaired) electrons. The molecule has 0 saturated carbocycles. The van der Waals surface area contributed by atoms with Crippen LogP contribution in [0.15, 0.2) is 29.3 Å². The Morgan fingerprint density at radius 1 is 1.53 bits per heavy atom. The zero-order valence-electron chi connectivity index (χ0n) is 8.27. The first kappa shape index (κ1) is 10.2. The van der Waals surface area contributed by atoms with E-state index in [1.54, 1.807) is 0 Å². The van der Waals surface area contributed by atoms with Crippen LogP contribution in [0.1, 0.15) is 17.7 Å². The molecular formula is C11H10NO2S-. The predicted molar refractivity (Wildman–Crippen MR) is 59.4 cm³/mol. The van der Waals surface area contributed by atoms with E-state index in [9.17, 15) is 9.90 Å². The Balaban J connectivity index is 2.20. The highest BCUT2D eigenvalue weighted by molar-refractivity contribution is 8.00. The molecule has 0 spiro atoms. The van der Waals surface area contributed by atoms with Crippen LogP contribution in [0.4, 0.5) is 5.69 Å². The number of carbonyl (C=O) groups excluding carboxylic acids is 1. The second-order valence-corrected chi connectivity index (χ2v) is 4.47. The summed E-state index contributed by atoms with van der Waals surface area (Å²) in [5.74, 6) is -1.02. The number of fused-ring (bicyclic) bond motifs is 1. The van der Waals surface area contributed by atoms with E-state index in [1.165, 1.54) is 11.8 Å². The molecule has 3 nitrogen and oxygen atoms in total. The van der Waals surface area contributed by atoms with Gasteiger partial charge in [-0.25, -0.2) is 0 Å².